The molecule has 0 aromatic heterocycles. The molecule has 0 heterocycles. The molecule has 0 spiro atoms. The van der Waals surface area contributed by atoms with E-state index in [1.165, 1.54) is 18.2 Å². The highest BCUT2D eigenvalue weighted by Gasteiger charge is 2.20. The molecule has 28 heavy (non-hydrogen) atoms. The maximum atomic E-state index is 12.8. The van der Waals surface area contributed by atoms with Crippen molar-refractivity contribution in [3.63, 3.8) is 0 Å². The normalized spacial score (nSPS) is 11.5. The largest absolute Gasteiger partial charge is 0.352 e. The van der Waals surface area contributed by atoms with Gasteiger partial charge in [-0.15, -0.1) is 0 Å². The van der Waals surface area contributed by atoms with Crippen LogP contribution in [0.3, 0.4) is 0 Å². The number of halogens is 1. The molecule has 0 unspecified atom stereocenters. The van der Waals surface area contributed by atoms with Crippen molar-refractivity contribution in [2.24, 2.45) is 0 Å². The topological polar surface area (TPSA) is 78.5 Å². The van der Waals surface area contributed by atoms with E-state index in [4.69, 9.17) is 11.6 Å². The number of aryl methyl sites for hydroxylation is 2. The Hall–Kier alpha value is -2.09. The van der Waals surface area contributed by atoms with Crippen LogP contribution in [0.1, 0.15) is 27.9 Å². The van der Waals surface area contributed by atoms with Gasteiger partial charge in [0, 0.05) is 17.8 Å². The van der Waals surface area contributed by atoms with Crippen LogP contribution in [0.5, 0.6) is 0 Å². The van der Waals surface area contributed by atoms with Crippen molar-refractivity contribution in [2.75, 3.05) is 31.9 Å². The first-order valence-electron chi connectivity index (χ1n) is 8.92. The van der Waals surface area contributed by atoms with Crippen molar-refractivity contribution in [3.05, 3.63) is 58.1 Å². The molecule has 0 fully saturated rings. The number of benzene rings is 2. The molecule has 0 saturated heterocycles. The molecule has 0 saturated carbocycles. The molecular formula is C20H26ClN3O3S. The molecule has 2 rings (SSSR count). The third-order valence-corrected chi connectivity index (χ3v) is 6.17. The maximum Gasteiger partial charge on any atom is 0.263 e. The zero-order valence-electron chi connectivity index (χ0n) is 16.5. The summed E-state index contributed by atoms with van der Waals surface area (Å²) < 4.78 is 28.1. The van der Waals surface area contributed by atoms with Crippen molar-refractivity contribution in [2.45, 2.75) is 25.2 Å². The van der Waals surface area contributed by atoms with Crippen molar-refractivity contribution in [1.29, 1.82) is 0 Å². The number of carbonyl (C=O) groups excluding carboxylic acids is 1. The summed E-state index contributed by atoms with van der Waals surface area (Å²) in [5.74, 6) is -0.335. The highest BCUT2D eigenvalue weighted by atomic mass is 35.5. The predicted molar refractivity (Wildman–Crippen MR) is 114 cm³/mol. The van der Waals surface area contributed by atoms with E-state index in [0.29, 0.717) is 12.2 Å². The van der Waals surface area contributed by atoms with E-state index in [9.17, 15) is 13.2 Å². The fourth-order valence-electron chi connectivity index (χ4n) is 2.56. The summed E-state index contributed by atoms with van der Waals surface area (Å²) in [4.78, 5) is 14.2. The Morgan fingerprint density at radius 1 is 1.07 bits per heavy atom. The molecular weight excluding hydrogens is 398 g/mol. The number of sulfonamides is 1. The molecule has 0 bridgehead atoms. The summed E-state index contributed by atoms with van der Waals surface area (Å²) in [6, 6.07) is 9.51. The van der Waals surface area contributed by atoms with Crippen LogP contribution in [-0.4, -0.2) is 46.4 Å². The van der Waals surface area contributed by atoms with Crippen LogP contribution < -0.4 is 10.0 Å². The van der Waals surface area contributed by atoms with Crippen LogP contribution in [0, 0.1) is 13.8 Å². The summed E-state index contributed by atoms with van der Waals surface area (Å²) in [7, 11) is -0.0166. The van der Waals surface area contributed by atoms with Gasteiger partial charge in [0.05, 0.1) is 5.02 Å². The van der Waals surface area contributed by atoms with Gasteiger partial charge in [-0.25, -0.2) is 8.42 Å². The standard InChI is InChI=1S/C20H26ClN3O3S/c1-14-6-8-17(12-15(14)2)23-28(26,27)19-13-16(7-9-18(19)21)20(25)22-10-5-11-24(3)4/h6-9,12-13,23H,5,10-11H2,1-4H3,(H,22,25). The minimum atomic E-state index is -3.93. The monoisotopic (exact) mass is 423 g/mol. The molecule has 8 heteroatoms. The smallest absolute Gasteiger partial charge is 0.263 e. The quantitative estimate of drug-likeness (QED) is 0.637. The maximum absolute atomic E-state index is 12.8. The van der Waals surface area contributed by atoms with Gasteiger partial charge in [0.15, 0.2) is 0 Å². The van der Waals surface area contributed by atoms with E-state index in [-0.39, 0.29) is 21.4 Å². The van der Waals surface area contributed by atoms with Crippen molar-refractivity contribution in [1.82, 2.24) is 10.2 Å². The summed E-state index contributed by atoms with van der Waals surface area (Å²) >= 11 is 6.11. The van der Waals surface area contributed by atoms with Gasteiger partial charge in [-0.05, 0) is 82.4 Å². The lowest BCUT2D eigenvalue weighted by atomic mass is 10.1. The molecule has 152 valence electrons. The number of hydrogen-bond donors (Lipinski definition) is 2. The Balaban J connectivity index is 2.18. The number of hydrogen-bond acceptors (Lipinski definition) is 4. The number of anilines is 1. The Morgan fingerprint density at radius 2 is 1.79 bits per heavy atom. The average Bonchev–Trinajstić information content (AvgIpc) is 2.61. The van der Waals surface area contributed by atoms with Crippen LogP contribution in [0.15, 0.2) is 41.3 Å². The lowest BCUT2D eigenvalue weighted by Gasteiger charge is -2.13. The van der Waals surface area contributed by atoms with Gasteiger partial charge >= 0.3 is 0 Å². The average molecular weight is 424 g/mol. The van der Waals surface area contributed by atoms with E-state index in [1.54, 1.807) is 12.1 Å². The summed E-state index contributed by atoms with van der Waals surface area (Å²) in [5, 5.41) is 2.85. The second-order valence-corrected chi connectivity index (χ2v) is 9.02. The molecule has 0 radical (unpaired) electrons. The van der Waals surface area contributed by atoms with Crippen LogP contribution in [0.25, 0.3) is 0 Å². The SMILES string of the molecule is Cc1ccc(NS(=O)(=O)c2cc(C(=O)NCCCN(C)C)ccc2Cl)cc1C. The van der Waals surface area contributed by atoms with E-state index in [0.717, 1.165) is 24.1 Å². The van der Waals surface area contributed by atoms with Crippen molar-refractivity contribution < 1.29 is 13.2 Å². The Kier molecular flexibility index (Phi) is 7.46. The van der Waals surface area contributed by atoms with Crippen molar-refractivity contribution >= 4 is 33.2 Å². The number of nitrogens with zero attached hydrogens (tertiary/aromatic N) is 1. The number of nitrogens with one attached hydrogen (secondary N) is 2. The van der Waals surface area contributed by atoms with E-state index in [1.807, 2.05) is 38.9 Å². The molecule has 0 aliphatic heterocycles. The molecule has 0 aliphatic carbocycles. The van der Waals surface area contributed by atoms with Crippen LogP contribution >= 0.6 is 11.6 Å². The second-order valence-electron chi connectivity index (χ2n) is 6.96. The molecule has 2 aromatic rings. The summed E-state index contributed by atoms with van der Waals surface area (Å²) in [6.45, 7) is 5.20. The molecule has 0 atom stereocenters. The van der Waals surface area contributed by atoms with Gasteiger partial charge < -0.3 is 10.2 Å². The van der Waals surface area contributed by atoms with Gasteiger partial charge in [0.2, 0.25) is 0 Å². The highest BCUT2D eigenvalue weighted by molar-refractivity contribution is 7.92. The molecule has 2 N–H and O–H groups in total. The Morgan fingerprint density at radius 3 is 2.43 bits per heavy atom. The third-order valence-electron chi connectivity index (χ3n) is 4.31. The number of amides is 1. The van der Waals surface area contributed by atoms with Gasteiger partial charge in [-0.3, -0.25) is 9.52 Å². The fourth-order valence-corrected chi connectivity index (χ4v) is 4.14. The minimum Gasteiger partial charge on any atom is -0.352 e. The van der Waals surface area contributed by atoms with Gasteiger partial charge in [0.25, 0.3) is 15.9 Å². The zero-order valence-corrected chi connectivity index (χ0v) is 18.1. The van der Waals surface area contributed by atoms with Crippen molar-refractivity contribution in [3.8, 4) is 0 Å². The highest BCUT2D eigenvalue weighted by Crippen LogP contribution is 2.26. The second kappa shape index (κ2) is 9.41. The lowest BCUT2D eigenvalue weighted by molar-refractivity contribution is 0.0952. The number of rotatable bonds is 8. The van der Waals surface area contributed by atoms with Crippen LogP contribution in [0.2, 0.25) is 5.02 Å². The Labute approximate surface area is 171 Å². The number of carbonyl (C=O) groups is 1. The Bertz CT molecular complexity index is 959. The molecule has 0 aliphatic rings. The molecule has 2 aromatic carbocycles. The lowest BCUT2D eigenvalue weighted by Crippen LogP contribution is -2.27. The zero-order chi connectivity index (χ0) is 20.9. The first-order valence-corrected chi connectivity index (χ1v) is 10.8. The van der Waals surface area contributed by atoms with Gasteiger partial charge in [-0.1, -0.05) is 17.7 Å². The predicted octanol–water partition coefficient (Wildman–Crippen LogP) is 3.44. The van der Waals surface area contributed by atoms with E-state index >= 15 is 0 Å². The fraction of sp³-hybridized carbons (Fsp3) is 0.350. The van der Waals surface area contributed by atoms with Gasteiger partial charge in [-0.2, -0.15) is 0 Å². The van der Waals surface area contributed by atoms with Gasteiger partial charge in [0.1, 0.15) is 4.90 Å². The molecule has 6 nitrogen and oxygen atoms in total. The van der Waals surface area contributed by atoms with E-state index in [2.05, 4.69) is 10.0 Å². The van der Waals surface area contributed by atoms with Crippen LogP contribution in [-0.2, 0) is 10.0 Å². The summed E-state index contributed by atoms with van der Waals surface area (Å²) in [5.41, 5.74) is 2.72. The molecule has 1 amide bonds. The minimum absolute atomic E-state index is 0.0560. The third kappa shape index (κ3) is 5.95. The van der Waals surface area contributed by atoms with E-state index < -0.39 is 10.0 Å². The summed E-state index contributed by atoms with van der Waals surface area (Å²) in [6.07, 6.45) is 0.797. The first-order chi connectivity index (χ1) is 13.1. The first kappa shape index (κ1) is 22.2. The van der Waals surface area contributed by atoms with Crippen LogP contribution in [0.4, 0.5) is 5.69 Å².